The van der Waals surface area contributed by atoms with Gasteiger partial charge in [-0.2, -0.15) is 15.0 Å². The highest BCUT2D eigenvalue weighted by Crippen LogP contribution is 2.27. The molecule has 116 valence electrons. The summed E-state index contributed by atoms with van der Waals surface area (Å²) in [6.07, 6.45) is 6.07. The molecule has 0 saturated carbocycles. The molecule has 3 heterocycles. The van der Waals surface area contributed by atoms with E-state index in [9.17, 15) is 0 Å². The molecule has 0 N–H and O–H groups in total. The molecule has 0 aromatic carbocycles. The largest absolute Gasteiger partial charge is 0.341 e. The minimum absolute atomic E-state index is 0.311. The second-order valence-corrected chi connectivity index (χ2v) is 6.76. The smallest absolute Gasteiger partial charge is 0.231 e. The standard InChI is InChI=1S/C15H24ClN5/c1-11-6-9-21(12(2)10-11)15-18-13(16)17-14(19-15)20-7-4-3-5-8-20/h11-12H,3-10H2,1-2H3. The Morgan fingerprint density at radius 3 is 2.38 bits per heavy atom. The zero-order valence-electron chi connectivity index (χ0n) is 12.9. The lowest BCUT2D eigenvalue weighted by Gasteiger charge is -2.37. The molecule has 1 aromatic heterocycles. The van der Waals surface area contributed by atoms with Gasteiger partial charge in [0.25, 0.3) is 0 Å². The van der Waals surface area contributed by atoms with E-state index in [0.717, 1.165) is 37.4 Å². The van der Waals surface area contributed by atoms with Gasteiger partial charge in [0.2, 0.25) is 17.2 Å². The van der Waals surface area contributed by atoms with Gasteiger partial charge in [-0.15, -0.1) is 0 Å². The molecular weight excluding hydrogens is 286 g/mol. The van der Waals surface area contributed by atoms with Crippen LogP contribution in [-0.2, 0) is 0 Å². The van der Waals surface area contributed by atoms with Crippen LogP contribution in [0, 0.1) is 5.92 Å². The molecule has 6 heteroatoms. The van der Waals surface area contributed by atoms with Gasteiger partial charge in [-0.05, 0) is 56.5 Å². The van der Waals surface area contributed by atoms with Gasteiger partial charge in [0, 0.05) is 25.7 Å². The van der Waals surface area contributed by atoms with Gasteiger partial charge >= 0.3 is 0 Å². The van der Waals surface area contributed by atoms with Gasteiger partial charge in [0.05, 0.1) is 0 Å². The molecule has 2 aliphatic heterocycles. The first kappa shape index (κ1) is 14.8. The van der Waals surface area contributed by atoms with Gasteiger partial charge in [0.1, 0.15) is 0 Å². The molecular formula is C15H24ClN5. The predicted molar refractivity (Wildman–Crippen MR) is 86.1 cm³/mol. The summed E-state index contributed by atoms with van der Waals surface area (Å²) in [6, 6.07) is 0.460. The average Bonchev–Trinajstić information content (AvgIpc) is 2.47. The van der Waals surface area contributed by atoms with Crippen molar-refractivity contribution in [2.45, 2.75) is 52.0 Å². The maximum absolute atomic E-state index is 6.15. The molecule has 0 spiro atoms. The van der Waals surface area contributed by atoms with Gasteiger partial charge in [-0.25, -0.2) is 0 Å². The first-order valence-corrected chi connectivity index (χ1v) is 8.44. The van der Waals surface area contributed by atoms with Crippen LogP contribution in [0.15, 0.2) is 0 Å². The van der Waals surface area contributed by atoms with Crippen LogP contribution >= 0.6 is 11.6 Å². The number of nitrogens with zero attached hydrogens (tertiary/aromatic N) is 5. The van der Waals surface area contributed by atoms with Gasteiger partial charge in [-0.1, -0.05) is 6.92 Å². The summed E-state index contributed by atoms with van der Waals surface area (Å²) in [5.74, 6) is 2.26. The van der Waals surface area contributed by atoms with Gasteiger partial charge in [-0.3, -0.25) is 0 Å². The van der Waals surface area contributed by atoms with E-state index in [4.69, 9.17) is 16.6 Å². The number of hydrogen-bond donors (Lipinski definition) is 0. The van der Waals surface area contributed by atoms with Crippen LogP contribution in [0.2, 0.25) is 5.28 Å². The normalized spacial score (nSPS) is 27.0. The Morgan fingerprint density at radius 1 is 0.952 bits per heavy atom. The summed E-state index contributed by atoms with van der Waals surface area (Å²) < 4.78 is 0. The first-order chi connectivity index (χ1) is 10.1. The van der Waals surface area contributed by atoms with Gasteiger partial charge < -0.3 is 9.80 Å². The SMILES string of the molecule is CC1CCN(c2nc(Cl)nc(N3CCCCC3)n2)C(C)C1. The lowest BCUT2D eigenvalue weighted by molar-refractivity contribution is 0.373. The second-order valence-electron chi connectivity index (χ2n) is 6.42. The fourth-order valence-corrected chi connectivity index (χ4v) is 3.55. The fraction of sp³-hybridized carbons (Fsp3) is 0.800. The summed E-state index contributed by atoms with van der Waals surface area (Å²) in [5.41, 5.74) is 0. The van der Waals surface area contributed by atoms with Crippen molar-refractivity contribution >= 4 is 23.5 Å². The van der Waals surface area contributed by atoms with E-state index in [0.29, 0.717) is 11.3 Å². The Hall–Kier alpha value is -1.10. The zero-order valence-corrected chi connectivity index (χ0v) is 13.7. The molecule has 0 amide bonds. The lowest BCUT2D eigenvalue weighted by atomic mass is 9.94. The molecule has 2 fully saturated rings. The van der Waals surface area contributed by atoms with E-state index in [1.54, 1.807) is 0 Å². The summed E-state index contributed by atoms with van der Waals surface area (Å²) >= 11 is 6.15. The number of piperidine rings is 2. The monoisotopic (exact) mass is 309 g/mol. The Bertz CT molecular complexity index is 489. The highest BCUT2D eigenvalue weighted by atomic mass is 35.5. The maximum Gasteiger partial charge on any atom is 0.231 e. The van der Waals surface area contributed by atoms with Crippen LogP contribution in [0.4, 0.5) is 11.9 Å². The Labute approximate surface area is 131 Å². The average molecular weight is 310 g/mol. The molecule has 0 aliphatic carbocycles. The Balaban J connectivity index is 1.83. The molecule has 2 atom stereocenters. The first-order valence-electron chi connectivity index (χ1n) is 8.06. The Morgan fingerprint density at radius 2 is 1.67 bits per heavy atom. The minimum atomic E-state index is 0.311. The fourth-order valence-electron chi connectivity index (χ4n) is 3.40. The summed E-state index contributed by atoms with van der Waals surface area (Å²) in [6.45, 7) is 7.60. The van der Waals surface area contributed by atoms with Crippen molar-refractivity contribution in [1.29, 1.82) is 0 Å². The molecule has 2 saturated heterocycles. The molecule has 2 aliphatic rings. The van der Waals surface area contributed by atoms with E-state index in [-0.39, 0.29) is 0 Å². The molecule has 1 aromatic rings. The van der Waals surface area contributed by atoms with Crippen LogP contribution < -0.4 is 9.80 Å². The van der Waals surface area contributed by atoms with Crippen molar-refractivity contribution < 1.29 is 0 Å². The lowest BCUT2D eigenvalue weighted by Crippen LogP contribution is -2.41. The third-order valence-corrected chi connectivity index (χ3v) is 4.79. The number of halogens is 1. The van der Waals surface area contributed by atoms with E-state index in [1.807, 2.05) is 0 Å². The van der Waals surface area contributed by atoms with E-state index < -0.39 is 0 Å². The molecule has 0 bridgehead atoms. The molecule has 21 heavy (non-hydrogen) atoms. The molecule has 0 radical (unpaired) electrons. The van der Waals surface area contributed by atoms with E-state index in [1.165, 1.54) is 32.1 Å². The second kappa shape index (κ2) is 6.34. The van der Waals surface area contributed by atoms with Crippen molar-refractivity contribution in [1.82, 2.24) is 15.0 Å². The summed E-state index contributed by atoms with van der Waals surface area (Å²) in [5, 5.41) is 0.311. The number of rotatable bonds is 2. The minimum Gasteiger partial charge on any atom is -0.341 e. The molecule has 2 unspecified atom stereocenters. The van der Waals surface area contributed by atoms with Crippen LogP contribution in [0.1, 0.15) is 46.0 Å². The summed E-state index contributed by atoms with van der Waals surface area (Å²) in [4.78, 5) is 17.9. The van der Waals surface area contributed by atoms with Crippen LogP contribution in [0.25, 0.3) is 0 Å². The molecule has 5 nitrogen and oxygen atoms in total. The van der Waals surface area contributed by atoms with Crippen molar-refractivity contribution in [3.63, 3.8) is 0 Å². The zero-order chi connectivity index (χ0) is 14.8. The maximum atomic E-state index is 6.15. The third kappa shape index (κ3) is 3.39. The number of aromatic nitrogens is 3. The van der Waals surface area contributed by atoms with Crippen molar-refractivity contribution in [3.8, 4) is 0 Å². The van der Waals surface area contributed by atoms with Crippen LogP contribution in [0.3, 0.4) is 0 Å². The van der Waals surface area contributed by atoms with Crippen molar-refractivity contribution in [2.75, 3.05) is 29.4 Å². The molecule has 3 rings (SSSR count). The van der Waals surface area contributed by atoms with Crippen molar-refractivity contribution in [2.24, 2.45) is 5.92 Å². The topological polar surface area (TPSA) is 45.2 Å². The third-order valence-electron chi connectivity index (χ3n) is 4.62. The predicted octanol–water partition coefficient (Wildman–Crippen LogP) is 3.14. The quantitative estimate of drug-likeness (QED) is 0.840. The number of anilines is 2. The van der Waals surface area contributed by atoms with Gasteiger partial charge in [0.15, 0.2) is 0 Å². The number of hydrogen-bond acceptors (Lipinski definition) is 5. The summed E-state index contributed by atoms with van der Waals surface area (Å²) in [7, 11) is 0. The van der Waals surface area contributed by atoms with Crippen LogP contribution in [0.5, 0.6) is 0 Å². The Kier molecular flexibility index (Phi) is 4.48. The van der Waals surface area contributed by atoms with Crippen molar-refractivity contribution in [3.05, 3.63) is 5.28 Å². The van der Waals surface area contributed by atoms with E-state index in [2.05, 4.69) is 33.6 Å². The highest BCUT2D eigenvalue weighted by Gasteiger charge is 2.26. The van der Waals surface area contributed by atoms with Crippen LogP contribution in [-0.4, -0.2) is 40.6 Å². The highest BCUT2D eigenvalue weighted by molar-refractivity contribution is 6.28. The van der Waals surface area contributed by atoms with E-state index >= 15 is 0 Å².